The lowest BCUT2D eigenvalue weighted by molar-refractivity contribution is 0.110. The number of aromatic hydroxyl groups is 1. The number of hydrogen-bond donors (Lipinski definition) is 2. The zero-order valence-corrected chi connectivity index (χ0v) is 23.9. The number of allylic oxidation sites excluding steroid dienone is 1. The van der Waals surface area contributed by atoms with Crippen molar-refractivity contribution in [1.29, 1.82) is 0 Å². The third kappa shape index (κ3) is 7.02. The van der Waals surface area contributed by atoms with Gasteiger partial charge in [-0.05, 0) is 112 Å². The maximum Gasteiger partial charge on any atom is 0.165 e. The molecule has 0 saturated carbocycles. The Morgan fingerprint density at radius 3 is 2.59 bits per heavy atom. The molecule has 2 unspecified atom stereocenters. The minimum Gasteiger partial charge on any atom is -0.508 e. The van der Waals surface area contributed by atoms with Crippen LogP contribution in [-0.2, 0) is 24.1 Å². The minimum atomic E-state index is -0.383. The van der Waals surface area contributed by atoms with E-state index >= 15 is 4.39 Å². The number of methoxy groups -OCH3 is 1. The first-order chi connectivity index (χ1) is 18.6. The number of aliphatic hydroxyl groups excluding tert-OH is 1. The second kappa shape index (κ2) is 12.5. The number of likely N-dealkylation sites (N-methyl/N-ethyl adjacent to an activating group) is 1. The van der Waals surface area contributed by atoms with Crippen LogP contribution in [0.15, 0.2) is 60.4 Å². The second-order valence-corrected chi connectivity index (χ2v) is 11.6. The number of rotatable bonds is 11. The van der Waals surface area contributed by atoms with Gasteiger partial charge in [0.1, 0.15) is 18.1 Å². The van der Waals surface area contributed by atoms with Crippen LogP contribution in [0.25, 0.3) is 0 Å². The topological polar surface area (TPSA) is 65.4 Å². The van der Waals surface area contributed by atoms with Gasteiger partial charge in [-0.3, -0.25) is 4.90 Å². The van der Waals surface area contributed by atoms with Crippen LogP contribution in [0.3, 0.4) is 0 Å². The number of phenols is 1. The highest BCUT2D eigenvalue weighted by molar-refractivity contribution is 5.37. The van der Waals surface area contributed by atoms with Crippen molar-refractivity contribution in [2.45, 2.75) is 51.2 Å². The van der Waals surface area contributed by atoms with Crippen molar-refractivity contribution in [1.82, 2.24) is 9.80 Å². The van der Waals surface area contributed by atoms with Gasteiger partial charge in [-0.25, -0.2) is 4.39 Å². The molecule has 2 aliphatic carbocycles. The standard InChI is InChI=1S/C32H43FN2O4/c1-32(2,34(3)4)21-39-31-13-6-22(16-29(31)33)20-35(14-15-36)30-19-27(38-5)11-12-28(30)25-8-7-24-18-26(37)10-9-23(24)17-25/h6,9-13,16,18-19,25,28,30,36-37H,7-8,14-15,17,20-21H2,1-5H3/t25-,28?,30?/m1/s1. The van der Waals surface area contributed by atoms with Gasteiger partial charge in [0.2, 0.25) is 0 Å². The predicted molar refractivity (Wildman–Crippen MR) is 152 cm³/mol. The monoisotopic (exact) mass is 538 g/mol. The van der Waals surface area contributed by atoms with Gasteiger partial charge in [0.05, 0.1) is 13.7 Å². The summed E-state index contributed by atoms with van der Waals surface area (Å²) in [7, 11) is 5.62. The summed E-state index contributed by atoms with van der Waals surface area (Å²) in [4.78, 5) is 4.27. The first kappa shape index (κ1) is 29.1. The normalized spacial score (nSPS) is 21.2. The zero-order valence-electron chi connectivity index (χ0n) is 23.9. The van der Waals surface area contributed by atoms with Crippen LogP contribution in [0.2, 0.25) is 0 Å². The molecule has 39 heavy (non-hydrogen) atoms. The van der Waals surface area contributed by atoms with Gasteiger partial charge in [-0.1, -0.05) is 18.2 Å². The summed E-state index contributed by atoms with van der Waals surface area (Å²) >= 11 is 0. The van der Waals surface area contributed by atoms with E-state index in [0.29, 0.717) is 31.4 Å². The number of aryl methyl sites for hydroxylation is 1. The highest BCUT2D eigenvalue weighted by Gasteiger charge is 2.35. The first-order valence-electron chi connectivity index (χ1n) is 13.8. The van der Waals surface area contributed by atoms with E-state index in [0.717, 1.165) is 30.6 Å². The molecule has 0 amide bonds. The molecular weight excluding hydrogens is 495 g/mol. The van der Waals surface area contributed by atoms with E-state index in [1.165, 1.54) is 11.1 Å². The number of hydrogen-bond acceptors (Lipinski definition) is 6. The van der Waals surface area contributed by atoms with Crippen molar-refractivity contribution in [3.8, 4) is 11.5 Å². The van der Waals surface area contributed by atoms with E-state index in [1.54, 1.807) is 25.3 Å². The van der Waals surface area contributed by atoms with E-state index in [9.17, 15) is 10.2 Å². The molecule has 0 heterocycles. The molecule has 0 fully saturated rings. The number of halogens is 1. The fraction of sp³-hybridized carbons (Fsp3) is 0.500. The van der Waals surface area contributed by atoms with Crippen molar-refractivity contribution in [3.63, 3.8) is 0 Å². The lowest BCUT2D eigenvalue weighted by Crippen LogP contribution is -2.44. The predicted octanol–water partition coefficient (Wildman–Crippen LogP) is 4.93. The van der Waals surface area contributed by atoms with Crippen LogP contribution in [0.4, 0.5) is 4.39 Å². The Kier molecular flexibility index (Phi) is 9.36. The van der Waals surface area contributed by atoms with E-state index < -0.39 is 0 Å². The van der Waals surface area contributed by atoms with Crippen molar-refractivity contribution in [2.75, 3.05) is 41.0 Å². The Bertz CT molecular complexity index is 1190. The minimum absolute atomic E-state index is 0.000832. The summed E-state index contributed by atoms with van der Waals surface area (Å²) in [6.45, 7) is 5.42. The van der Waals surface area contributed by atoms with Gasteiger partial charge in [-0.15, -0.1) is 0 Å². The molecule has 0 radical (unpaired) electrons. The maximum atomic E-state index is 15.1. The molecular formula is C32H43FN2O4. The molecule has 2 aliphatic rings. The number of ether oxygens (including phenoxy) is 2. The molecule has 4 rings (SSSR count). The van der Waals surface area contributed by atoms with Crippen LogP contribution in [0.1, 0.15) is 37.0 Å². The van der Waals surface area contributed by atoms with Gasteiger partial charge in [0.25, 0.3) is 0 Å². The molecule has 0 saturated heterocycles. The number of nitrogens with zero attached hydrogens (tertiary/aromatic N) is 2. The fourth-order valence-electron chi connectivity index (χ4n) is 5.51. The number of benzene rings is 2. The molecule has 0 bridgehead atoms. The Morgan fingerprint density at radius 2 is 1.90 bits per heavy atom. The molecule has 2 aromatic carbocycles. The van der Waals surface area contributed by atoms with Crippen molar-refractivity contribution >= 4 is 0 Å². The zero-order chi connectivity index (χ0) is 28.2. The van der Waals surface area contributed by atoms with Crippen molar-refractivity contribution in [3.05, 3.63) is 82.9 Å². The third-order valence-electron chi connectivity index (χ3n) is 8.43. The number of phenolic OH excluding ortho intramolecular Hbond substituents is 1. The number of aliphatic hydroxyl groups is 1. The average Bonchev–Trinajstić information content (AvgIpc) is 2.91. The van der Waals surface area contributed by atoms with Crippen LogP contribution < -0.4 is 4.74 Å². The van der Waals surface area contributed by atoms with E-state index in [2.05, 4.69) is 35.8 Å². The highest BCUT2D eigenvalue weighted by atomic mass is 19.1. The summed E-state index contributed by atoms with van der Waals surface area (Å²) < 4.78 is 26.5. The Hall–Kier alpha value is -2.87. The quantitative estimate of drug-likeness (QED) is 0.423. The Morgan fingerprint density at radius 1 is 1.10 bits per heavy atom. The van der Waals surface area contributed by atoms with Crippen molar-refractivity contribution in [2.24, 2.45) is 11.8 Å². The van der Waals surface area contributed by atoms with Gasteiger partial charge in [0.15, 0.2) is 11.6 Å². The molecule has 0 aromatic heterocycles. The van der Waals surface area contributed by atoms with Crippen LogP contribution >= 0.6 is 0 Å². The Labute approximate surface area is 232 Å². The summed E-state index contributed by atoms with van der Waals surface area (Å²) in [6.07, 6.45) is 9.25. The van der Waals surface area contributed by atoms with Crippen LogP contribution in [0.5, 0.6) is 11.5 Å². The van der Waals surface area contributed by atoms with Gasteiger partial charge >= 0.3 is 0 Å². The molecule has 0 spiro atoms. The second-order valence-electron chi connectivity index (χ2n) is 11.6. The summed E-state index contributed by atoms with van der Waals surface area (Å²) in [5.74, 6) is 1.57. The van der Waals surface area contributed by atoms with Gasteiger partial charge < -0.3 is 24.6 Å². The molecule has 2 aromatic rings. The maximum absolute atomic E-state index is 15.1. The molecule has 6 nitrogen and oxygen atoms in total. The van der Waals surface area contributed by atoms with Crippen LogP contribution in [0, 0.1) is 17.7 Å². The lowest BCUT2D eigenvalue weighted by Gasteiger charge is -2.41. The smallest absolute Gasteiger partial charge is 0.165 e. The van der Waals surface area contributed by atoms with Gasteiger partial charge in [-0.2, -0.15) is 0 Å². The lowest BCUT2D eigenvalue weighted by atomic mass is 9.72. The van der Waals surface area contributed by atoms with E-state index in [-0.39, 0.29) is 35.7 Å². The largest absolute Gasteiger partial charge is 0.508 e. The fourth-order valence-corrected chi connectivity index (χ4v) is 5.51. The molecule has 7 heteroatoms. The van der Waals surface area contributed by atoms with Crippen molar-refractivity contribution < 1.29 is 24.1 Å². The van der Waals surface area contributed by atoms with Crippen LogP contribution in [-0.4, -0.2) is 72.6 Å². The molecule has 3 atom stereocenters. The van der Waals surface area contributed by atoms with E-state index in [4.69, 9.17) is 9.47 Å². The molecule has 212 valence electrons. The highest BCUT2D eigenvalue weighted by Crippen LogP contribution is 2.38. The summed E-state index contributed by atoms with van der Waals surface area (Å²) in [6, 6.07) is 10.8. The molecule has 0 aliphatic heterocycles. The summed E-state index contributed by atoms with van der Waals surface area (Å²) in [5, 5.41) is 19.9. The third-order valence-corrected chi connectivity index (χ3v) is 8.43. The van der Waals surface area contributed by atoms with Gasteiger partial charge in [0, 0.05) is 24.7 Å². The molecule has 2 N–H and O–H groups in total. The average molecular weight is 539 g/mol. The Balaban J connectivity index is 1.53. The first-order valence-corrected chi connectivity index (χ1v) is 13.8. The van der Waals surface area contributed by atoms with E-state index in [1.807, 2.05) is 38.4 Å². The SMILES string of the molecule is COC1=CC(N(CCO)Cc2ccc(OCC(C)(C)N(C)C)c(F)c2)C([C@@H]2CCc3cc(O)ccc3C2)C=C1. The summed E-state index contributed by atoms with van der Waals surface area (Å²) in [5.41, 5.74) is 3.10. The number of fused-ring (bicyclic) bond motifs is 1.